The second kappa shape index (κ2) is 8.92. The first-order valence-electron chi connectivity index (χ1n) is 9.38. The number of nitrogens with one attached hydrogen (secondary N) is 2. The fourth-order valence-electron chi connectivity index (χ4n) is 2.97. The van der Waals surface area contributed by atoms with Crippen LogP contribution in [0.15, 0.2) is 83.8 Å². The molecular weight excluding hydrogens is 384 g/mol. The van der Waals surface area contributed by atoms with E-state index in [0.717, 1.165) is 5.56 Å². The molecule has 0 heterocycles. The molecule has 0 fully saturated rings. The maximum atomic E-state index is 12.5. The van der Waals surface area contributed by atoms with Crippen LogP contribution in [-0.4, -0.2) is 20.9 Å². The number of benzene rings is 3. The first-order chi connectivity index (χ1) is 13.9. The molecule has 3 rings (SSSR count). The summed E-state index contributed by atoms with van der Waals surface area (Å²) < 4.78 is 27.6. The lowest BCUT2D eigenvalue weighted by Gasteiger charge is -2.14. The Morgan fingerprint density at radius 3 is 2.17 bits per heavy atom. The molecule has 3 aromatic carbocycles. The Labute approximate surface area is 171 Å². The van der Waals surface area contributed by atoms with E-state index in [4.69, 9.17) is 0 Å². The molecule has 1 amide bonds. The van der Waals surface area contributed by atoms with Crippen molar-refractivity contribution in [1.82, 2.24) is 5.32 Å². The third-order valence-electron chi connectivity index (χ3n) is 4.72. The first kappa shape index (κ1) is 20.6. The third-order valence-corrected chi connectivity index (χ3v) is 6.11. The molecule has 0 saturated carbocycles. The number of rotatable bonds is 7. The molecule has 0 bridgehead atoms. The van der Waals surface area contributed by atoms with Gasteiger partial charge in [0.05, 0.1) is 10.6 Å². The SMILES string of the molecule is Cc1cc(C(=O)NC[C@H](C)c2ccccc2)ccc1NS(=O)(=O)c1ccccc1. The van der Waals surface area contributed by atoms with Crippen molar-refractivity contribution in [3.63, 3.8) is 0 Å². The summed E-state index contributed by atoms with van der Waals surface area (Å²) in [5, 5.41) is 2.94. The summed E-state index contributed by atoms with van der Waals surface area (Å²) in [5.74, 6) is 0.00606. The van der Waals surface area contributed by atoms with Crippen molar-refractivity contribution in [2.24, 2.45) is 0 Å². The van der Waals surface area contributed by atoms with Crippen LogP contribution in [0.4, 0.5) is 5.69 Å². The lowest BCUT2D eigenvalue weighted by atomic mass is 10.0. The van der Waals surface area contributed by atoms with E-state index in [1.807, 2.05) is 30.3 Å². The smallest absolute Gasteiger partial charge is 0.261 e. The first-order valence-corrected chi connectivity index (χ1v) is 10.9. The van der Waals surface area contributed by atoms with E-state index in [-0.39, 0.29) is 16.7 Å². The lowest BCUT2D eigenvalue weighted by Crippen LogP contribution is -2.27. The van der Waals surface area contributed by atoms with Gasteiger partial charge in [-0.1, -0.05) is 55.5 Å². The molecule has 150 valence electrons. The Kier molecular flexibility index (Phi) is 6.34. The van der Waals surface area contributed by atoms with Crippen LogP contribution in [-0.2, 0) is 10.0 Å². The highest BCUT2D eigenvalue weighted by atomic mass is 32.2. The zero-order valence-corrected chi connectivity index (χ0v) is 17.2. The van der Waals surface area contributed by atoms with Gasteiger partial charge in [-0.3, -0.25) is 9.52 Å². The minimum Gasteiger partial charge on any atom is -0.351 e. The molecule has 0 spiro atoms. The zero-order valence-electron chi connectivity index (χ0n) is 16.4. The number of amides is 1. The molecule has 0 aliphatic rings. The van der Waals surface area contributed by atoms with E-state index >= 15 is 0 Å². The van der Waals surface area contributed by atoms with Crippen LogP contribution in [0.2, 0.25) is 0 Å². The highest BCUT2D eigenvalue weighted by Gasteiger charge is 2.16. The second-order valence-electron chi connectivity index (χ2n) is 6.97. The molecule has 0 aromatic heterocycles. The molecule has 1 atom stereocenters. The zero-order chi connectivity index (χ0) is 20.9. The van der Waals surface area contributed by atoms with E-state index in [2.05, 4.69) is 17.0 Å². The second-order valence-corrected chi connectivity index (χ2v) is 8.65. The van der Waals surface area contributed by atoms with Crippen LogP contribution in [0.25, 0.3) is 0 Å². The van der Waals surface area contributed by atoms with Crippen molar-refractivity contribution in [3.05, 3.63) is 95.6 Å². The minimum absolute atomic E-state index is 0.187. The van der Waals surface area contributed by atoms with Gasteiger partial charge in [-0.15, -0.1) is 0 Å². The maximum Gasteiger partial charge on any atom is 0.261 e. The Hall–Kier alpha value is -3.12. The highest BCUT2D eigenvalue weighted by Crippen LogP contribution is 2.21. The molecule has 29 heavy (non-hydrogen) atoms. The summed E-state index contributed by atoms with van der Waals surface area (Å²) in [6, 6.07) is 23.1. The highest BCUT2D eigenvalue weighted by molar-refractivity contribution is 7.92. The Morgan fingerprint density at radius 2 is 1.55 bits per heavy atom. The summed E-state index contributed by atoms with van der Waals surface area (Å²) in [7, 11) is -3.67. The third kappa shape index (κ3) is 5.23. The van der Waals surface area contributed by atoms with Crippen LogP contribution in [0.3, 0.4) is 0 Å². The van der Waals surface area contributed by atoms with Crippen LogP contribution >= 0.6 is 0 Å². The van der Waals surface area contributed by atoms with E-state index < -0.39 is 10.0 Å². The number of aryl methyl sites for hydroxylation is 1. The standard InChI is InChI=1S/C23H24N2O3S/c1-17-15-20(23(26)24-16-18(2)19-9-5-3-6-10-19)13-14-22(17)25-29(27,28)21-11-7-4-8-12-21/h3-15,18,25H,16H2,1-2H3,(H,24,26)/t18-/m0/s1. The van der Waals surface area contributed by atoms with Crippen molar-refractivity contribution >= 4 is 21.6 Å². The summed E-state index contributed by atoms with van der Waals surface area (Å²) in [6.45, 7) is 4.35. The van der Waals surface area contributed by atoms with Crippen LogP contribution < -0.4 is 10.0 Å². The molecule has 0 saturated heterocycles. The Morgan fingerprint density at radius 1 is 0.931 bits per heavy atom. The summed E-state index contributed by atoms with van der Waals surface area (Å²) in [6.07, 6.45) is 0. The van der Waals surface area contributed by atoms with Gasteiger partial charge in [-0.05, 0) is 54.3 Å². The average molecular weight is 409 g/mol. The van der Waals surface area contributed by atoms with E-state index in [9.17, 15) is 13.2 Å². The van der Waals surface area contributed by atoms with Gasteiger partial charge in [-0.2, -0.15) is 0 Å². The topological polar surface area (TPSA) is 75.3 Å². The van der Waals surface area contributed by atoms with Crippen molar-refractivity contribution in [3.8, 4) is 0 Å². The molecule has 0 aliphatic heterocycles. The molecule has 5 nitrogen and oxygen atoms in total. The normalized spacial score (nSPS) is 12.2. The van der Waals surface area contributed by atoms with Gasteiger partial charge >= 0.3 is 0 Å². The van der Waals surface area contributed by atoms with E-state index in [1.54, 1.807) is 43.3 Å². The molecule has 6 heteroatoms. The number of carbonyl (C=O) groups excluding carboxylic acids is 1. The molecule has 0 radical (unpaired) electrons. The van der Waals surface area contributed by atoms with Gasteiger partial charge in [-0.25, -0.2) is 8.42 Å². The number of carbonyl (C=O) groups is 1. The Balaban J connectivity index is 1.66. The molecule has 3 aromatic rings. The van der Waals surface area contributed by atoms with Crippen LogP contribution in [0, 0.1) is 6.92 Å². The fourth-order valence-corrected chi connectivity index (χ4v) is 4.12. The summed E-state index contributed by atoms with van der Waals surface area (Å²) in [4.78, 5) is 12.7. The maximum absolute atomic E-state index is 12.5. The quantitative estimate of drug-likeness (QED) is 0.611. The average Bonchev–Trinajstić information content (AvgIpc) is 2.74. The minimum atomic E-state index is -3.67. The fraction of sp³-hybridized carbons (Fsp3) is 0.174. The number of hydrogen-bond donors (Lipinski definition) is 2. The van der Waals surface area contributed by atoms with Gasteiger partial charge in [0.2, 0.25) is 0 Å². The number of anilines is 1. The van der Waals surface area contributed by atoms with Gasteiger partial charge < -0.3 is 5.32 Å². The van der Waals surface area contributed by atoms with Crippen molar-refractivity contribution in [2.75, 3.05) is 11.3 Å². The van der Waals surface area contributed by atoms with Crippen molar-refractivity contribution in [1.29, 1.82) is 0 Å². The molecule has 0 aliphatic carbocycles. The predicted octanol–water partition coefficient (Wildman–Crippen LogP) is 4.33. The summed E-state index contributed by atoms with van der Waals surface area (Å²) >= 11 is 0. The monoisotopic (exact) mass is 408 g/mol. The van der Waals surface area contributed by atoms with Gasteiger partial charge in [0.15, 0.2) is 0 Å². The van der Waals surface area contributed by atoms with Gasteiger partial charge in [0, 0.05) is 12.1 Å². The summed E-state index contributed by atoms with van der Waals surface area (Å²) in [5.41, 5.74) is 2.77. The Bertz CT molecular complexity index is 1080. The molecule has 2 N–H and O–H groups in total. The predicted molar refractivity (Wildman–Crippen MR) is 116 cm³/mol. The van der Waals surface area contributed by atoms with E-state index in [1.165, 1.54) is 12.1 Å². The lowest BCUT2D eigenvalue weighted by molar-refractivity contribution is 0.0951. The van der Waals surface area contributed by atoms with Crippen LogP contribution in [0.1, 0.15) is 34.3 Å². The van der Waals surface area contributed by atoms with Gasteiger partial charge in [0.25, 0.3) is 15.9 Å². The van der Waals surface area contributed by atoms with Crippen molar-refractivity contribution < 1.29 is 13.2 Å². The number of sulfonamides is 1. The number of hydrogen-bond acceptors (Lipinski definition) is 3. The molecule has 0 unspecified atom stereocenters. The van der Waals surface area contributed by atoms with E-state index in [0.29, 0.717) is 23.4 Å². The van der Waals surface area contributed by atoms with Gasteiger partial charge in [0.1, 0.15) is 0 Å². The largest absolute Gasteiger partial charge is 0.351 e. The molecular formula is C23H24N2O3S. The van der Waals surface area contributed by atoms with Crippen LogP contribution in [0.5, 0.6) is 0 Å². The van der Waals surface area contributed by atoms with Crippen molar-refractivity contribution in [2.45, 2.75) is 24.7 Å².